The van der Waals surface area contributed by atoms with Gasteiger partial charge < -0.3 is 19.2 Å². The Morgan fingerprint density at radius 2 is 1.96 bits per heavy atom. The molecule has 6 nitrogen and oxygen atoms in total. The number of para-hydroxylation sites is 1. The van der Waals surface area contributed by atoms with Crippen LogP contribution in [0.1, 0.15) is 35.4 Å². The Morgan fingerprint density at radius 1 is 1.22 bits per heavy atom. The van der Waals surface area contributed by atoms with Crippen molar-refractivity contribution >= 4 is 34.4 Å². The number of benzene rings is 1. The minimum absolute atomic E-state index is 0.139. The molecule has 2 fully saturated rings. The SMILES string of the molecule is Cc1c(C(=O)N2CCC([C@@H]3OCCC3C(=O)O)CC2)oc2c(Cl)cccc12. The Hall–Kier alpha value is -2.05. The monoisotopic (exact) mass is 391 g/mol. The molecule has 4 rings (SSSR count). The van der Waals surface area contributed by atoms with Crippen molar-refractivity contribution in [2.45, 2.75) is 32.3 Å². The van der Waals surface area contributed by atoms with Gasteiger partial charge in [-0.05, 0) is 38.2 Å². The van der Waals surface area contributed by atoms with Crippen LogP contribution in [-0.2, 0) is 9.53 Å². The lowest BCUT2D eigenvalue weighted by Gasteiger charge is -2.35. The highest BCUT2D eigenvalue weighted by atomic mass is 35.5. The van der Waals surface area contributed by atoms with E-state index in [9.17, 15) is 14.7 Å². The first-order valence-electron chi connectivity index (χ1n) is 9.28. The summed E-state index contributed by atoms with van der Waals surface area (Å²) in [5, 5.41) is 10.7. The molecule has 27 heavy (non-hydrogen) atoms. The van der Waals surface area contributed by atoms with Gasteiger partial charge in [0.15, 0.2) is 11.3 Å². The summed E-state index contributed by atoms with van der Waals surface area (Å²) in [5.41, 5.74) is 1.34. The van der Waals surface area contributed by atoms with E-state index in [1.165, 1.54) is 0 Å². The highest BCUT2D eigenvalue weighted by Gasteiger charge is 2.41. The maximum Gasteiger partial charge on any atom is 0.309 e. The van der Waals surface area contributed by atoms with Crippen molar-refractivity contribution < 1.29 is 23.8 Å². The number of hydrogen-bond donors (Lipinski definition) is 1. The third-order valence-electron chi connectivity index (χ3n) is 5.85. The fourth-order valence-corrected chi connectivity index (χ4v) is 4.54. The number of likely N-dealkylation sites (tertiary alicyclic amines) is 1. The number of carboxylic acid groups (broad SMARTS) is 1. The van der Waals surface area contributed by atoms with Gasteiger partial charge in [0, 0.05) is 30.6 Å². The number of carbonyl (C=O) groups excluding carboxylic acids is 1. The quantitative estimate of drug-likeness (QED) is 0.862. The summed E-state index contributed by atoms with van der Waals surface area (Å²) >= 11 is 6.18. The predicted molar refractivity (Wildman–Crippen MR) is 100 cm³/mol. The maximum atomic E-state index is 13.0. The average molecular weight is 392 g/mol. The van der Waals surface area contributed by atoms with Crippen LogP contribution in [0.4, 0.5) is 0 Å². The number of piperidine rings is 1. The molecule has 0 spiro atoms. The number of hydrogen-bond acceptors (Lipinski definition) is 4. The van der Waals surface area contributed by atoms with E-state index in [2.05, 4.69) is 0 Å². The van der Waals surface area contributed by atoms with Crippen molar-refractivity contribution in [2.24, 2.45) is 11.8 Å². The molecule has 0 saturated carbocycles. The van der Waals surface area contributed by atoms with Gasteiger partial charge in [-0.2, -0.15) is 0 Å². The Kier molecular flexibility index (Phi) is 4.86. The van der Waals surface area contributed by atoms with Crippen molar-refractivity contribution in [2.75, 3.05) is 19.7 Å². The van der Waals surface area contributed by atoms with Crippen molar-refractivity contribution in [1.82, 2.24) is 4.90 Å². The molecule has 7 heteroatoms. The zero-order chi connectivity index (χ0) is 19.1. The Morgan fingerprint density at radius 3 is 2.63 bits per heavy atom. The first-order chi connectivity index (χ1) is 13.0. The molecule has 1 N–H and O–H groups in total. The first kappa shape index (κ1) is 18.3. The van der Waals surface area contributed by atoms with Crippen molar-refractivity contribution in [3.63, 3.8) is 0 Å². The van der Waals surface area contributed by atoms with Gasteiger partial charge >= 0.3 is 5.97 Å². The first-order valence-corrected chi connectivity index (χ1v) is 9.66. The molecule has 2 aliphatic heterocycles. The third-order valence-corrected chi connectivity index (χ3v) is 6.15. The van der Waals surface area contributed by atoms with Crippen molar-refractivity contribution in [3.05, 3.63) is 34.5 Å². The summed E-state index contributed by atoms with van der Waals surface area (Å²) in [6.45, 7) is 3.51. The molecular formula is C20H22ClNO5. The molecule has 0 aliphatic carbocycles. The fourth-order valence-electron chi connectivity index (χ4n) is 4.33. The number of carboxylic acids is 1. The highest BCUT2D eigenvalue weighted by molar-refractivity contribution is 6.35. The number of furan rings is 1. The average Bonchev–Trinajstić information content (AvgIpc) is 3.28. The molecule has 1 aromatic carbocycles. The number of rotatable bonds is 3. The maximum absolute atomic E-state index is 13.0. The second-order valence-corrected chi connectivity index (χ2v) is 7.78. The minimum atomic E-state index is -0.786. The van der Waals surface area contributed by atoms with Crippen molar-refractivity contribution in [1.29, 1.82) is 0 Å². The predicted octanol–water partition coefficient (Wildman–Crippen LogP) is 3.74. The molecule has 2 atom stereocenters. The Bertz CT molecular complexity index is 884. The van der Waals surface area contributed by atoms with Crippen LogP contribution in [0.15, 0.2) is 22.6 Å². The number of carbonyl (C=O) groups is 2. The fraction of sp³-hybridized carbons (Fsp3) is 0.500. The lowest BCUT2D eigenvalue weighted by atomic mass is 9.84. The van der Waals surface area contributed by atoms with Crippen LogP contribution < -0.4 is 0 Å². The molecule has 1 unspecified atom stereocenters. The number of ether oxygens (including phenoxy) is 1. The van der Waals surface area contributed by atoms with E-state index in [0.717, 1.165) is 23.8 Å². The summed E-state index contributed by atoms with van der Waals surface area (Å²) in [6.07, 6.45) is 1.80. The van der Waals surface area contributed by atoms with Crippen LogP contribution in [0.2, 0.25) is 5.02 Å². The van der Waals surface area contributed by atoms with Crippen LogP contribution in [0.3, 0.4) is 0 Å². The van der Waals surface area contributed by atoms with Crippen LogP contribution in [0.25, 0.3) is 11.0 Å². The topological polar surface area (TPSA) is 80.0 Å². The van der Waals surface area contributed by atoms with Gasteiger partial charge in [0.1, 0.15) is 0 Å². The van der Waals surface area contributed by atoms with Gasteiger partial charge in [0.05, 0.1) is 17.0 Å². The van der Waals surface area contributed by atoms with Gasteiger partial charge in [-0.1, -0.05) is 23.7 Å². The minimum Gasteiger partial charge on any atom is -0.481 e. The summed E-state index contributed by atoms with van der Waals surface area (Å²) in [7, 11) is 0. The number of aryl methyl sites for hydroxylation is 1. The van der Waals surface area contributed by atoms with E-state index in [0.29, 0.717) is 42.5 Å². The van der Waals surface area contributed by atoms with E-state index < -0.39 is 11.9 Å². The Labute approximate surface area is 162 Å². The van der Waals surface area contributed by atoms with Gasteiger partial charge in [-0.15, -0.1) is 0 Å². The second-order valence-electron chi connectivity index (χ2n) is 7.37. The zero-order valence-corrected chi connectivity index (χ0v) is 15.9. The second kappa shape index (κ2) is 7.17. The zero-order valence-electron chi connectivity index (χ0n) is 15.1. The Balaban J connectivity index is 1.47. The van der Waals surface area contributed by atoms with E-state index in [-0.39, 0.29) is 17.9 Å². The molecule has 3 heterocycles. The molecule has 2 aliphatic rings. The van der Waals surface area contributed by atoms with Crippen LogP contribution in [0.5, 0.6) is 0 Å². The molecular weight excluding hydrogens is 370 g/mol. The summed E-state index contributed by atoms with van der Waals surface area (Å²) in [6, 6.07) is 5.48. The molecule has 0 radical (unpaired) electrons. The normalized spacial score (nSPS) is 23.9. The van der Waals surface area contributed by atoms with E-state index in [4.69, 9.17) is 20.8 Å². The van der Waals surface area contributed by atoms with E-state index in [1.807, 2.05) is 19.1 Å². The summed E-state index contributed by atoms with van der Waals surface area (Å²) in [4.78, 5) is 26.1. The number of halogens is 1. The lowest BCUT2D eigenvalue weighted by molar-refractivity contribution is -0.145. The van der Waals surface area contributed by atoms with E-state index in [1.54, 1.807) is 11.0 Å². The number of fused-ring (bicyclic) bond motifs is 1. The smallest absolute Gasteiger partial charge is 0.309 e. The summed E-state index contributed by atoms with van der Waals surface area (Å²) in [5.74, 6) is -0.857. The molecule has 2 aromatic rings. The number of amides is 1. The number of nitrogens with zero attached hydrogens (tertiary/aromatic N) is 1. The number of aliphatic carboxylic acids is 1. The largest absolute Gasteiger partial charge is 0.481 e. The van der Waals surface area contributed by atoms with Gasteiger partial charge in [-0.3, -0.25) is 9.59 Å². The van der Waals surface area contributed by atoms with Gasteiger partial charge in [-0.25, -0.2) is 0 Å². The summed E-state index contributed by atoms with van der Waals surface area (Å²) < 4.78 is 11.5. The molecule has 144 valence electrons. The van der Waals surface area contributed by atoms with Gasteiger partial charge in [0.25, 0.3) is 5.91 Å². The lowest BCUT2D eigenvalue weighted by Crippen LogP contribution is -2.43. The van der Waals surface area contributed by atoms with Crippen molar-refractivity contribution in [3.8, 4) is 0 Å². The van der Waals surface area contributed by atoms with Crippen LogP contribution in [0, 0.1) is 18.8 Å². The standard InChI is InChI=1S/C20H22ClNO5/c1-11-13-3-2-4-15(21)18(13)27-16(11)19(23)22-8-5-12(6-9-22)17-14(20(24)25)7-10-26-17/h2-4,12,14,17H,5-10H2,1H3,(H,24,25)/t14?,17-/m0/s1. The molecule has 2 saturated heterocycles. The highest BCUT2D eigenvalue weighted by Crippen LogP contribution is 2.35. The molecule has 0 bridgehead atoms. The van der Waals surface area contributed by atoms with Crippen LogP contribution in [-0.4, -0.2) is 47.7 Å². The third kappa shape index (κ3) is 3.21. The van der Waals surface area contributed by atoms with E-state index >= 15 is 0 Å². The molecule has 1 aromatic heterocycles. The van der Waals surface area contributed by atoms with Crippen LogP contribution >= 0.6 is 11.6 Å². The van der Waals surface area contributed by atoms with Gasteiger partial charge in [0.2, 0.25) is 0 Å². The molecule has 1 amide bonds.